The number of ether oxygens (including phenoxy) is 3. The van der Waals surface area contributed by atoms with Gasteiger partial charge in [0.1, 0.15) is 5.60 Å². The van der Waals surface area contributed by atoms with Gasteiger partial charge in [-0.15, -0.1) is 0 Å². The van der Waals surface area contributed by atoms with Crippen molar-refractivity contribution in [3.8, 4) is 0 Å². The van der Waals surface area contributed by atoms with Gasteiger partial charge in [-0.2, -0.15) is 0 Å². The van der Waals surface area contributed by atoms with Crippen molar-refractivity contribution in [3.05, 3.63) is 0 Å². The lowest BCUT2D eigenvalue weighted by atomic mass is 9.96. The summed E-state index contributed by atoms with van der Waals surface area (Å²) in [5.74, 6) is -1.43. The molecule has 0 aliphatic heterocycles. The van der Waals surface area contributed by atoms with E-state index in [9.17, 15) is 14.4 Å². The molecule has 0 saturated heterocycles. The van der Waals surface area contributed by atoms with E-state index in [1.165, 1.54) is 20.8 Å². The highest BCUT2D eigenvalue weighted by atomic mass is 16.7. The van der Waals surface area contributed by atoms with Gasteiger partial charge in [-0.25, -0.2) is 0 Å². The molecule has 0 aromatic carbocycles. The van der Waals surface area contributed by atoms with Crippen molar-refractivity contribution in [2.24, 2.45) is 5.92 Å². The Bertz CT molecular complexity index is 358. The second-order valence-electron chi connectivity index (χ2n) is 5.81. The molecule has 0 rings (SSSR count). The average Bonchev–Trinajstić information content (AvgIpc) is 2.24. The molecule has 1 atom stereocenters. The number of carbonyl (C=O) groups excluding carboxylic acids is 3. The summed E-state index contributed by atoms with van der Waals surface area (Å²) in [6, 6.07) is 0. The fraction of sp³-hybridized carbons (Fsp3) is 0.800. The normalized spacial score (nSPS) is 12.7. The molecule has 0 radical (unpaired) electrons. The number of carbonyl (C=O) groups is 3. The molecule has 0 aromatic heterocycles. The standard InChI is InChI=1S/C15H26O6/c1-10(14(19-11(2)16)20-12(3)17)8-7-9-15(5,6)21-13(4)18/h10,14H,7-9H2,1-6H3. The third-order valence-corrected chi connectivity index (χ3v) is 2.89. The van der Waals surface area contributed by atoms with Gasteiger partial charge < -0.3 is 14.2 Å². The van der Waals surface area contributed by atoms with Crippen molar-refractivity contribution in [3.63, 3.8) is 0 Å². The Morgan fingerprint density at radius 1 is 0.952 bits per heavy atom. The Hall–Kier alpha value is -1.59. The minimum absolute atomic E-state index is 0.133. The summed E-state index contributed by atoms with van der Waals surface area (Å²) >= 11 is 0. The molecule has 21 heavy (non-hydrogen) atoms. The summed E-state index contributed by atoms with van der Waals surface area (Å²) in [6.45, 7) is 9.45. The first kappa shape index (κ1) is 19.4. The van der Waals surface area contributed by atoms with E-state index in [0.29, 0.717) is 12.8 Å². The van der Waals surface area contributed by atoms with Crippen LogP contribution in [0.3, 0.4) is 0 Å². The molecule has 0 aromatic rings. The molecule has 0 aliphatic rings. The van der Waals surface area contributed by atoms with E-state index in [0.717, 1.165) is 6.42 Å². The van der Waals surface area contributed by atoms with Crippen molar-refractivity contribution < 1.29 is 28.6 Å². The Morgan fingerprint density at radius 2 is 1.43 bits per heavy atom. The molecule has 6 heteroatoms. The van der Waals surface area contributed by atoms with Crippen LogP contribution in [0.5, 0.6) is 0 Å². The van der Waals surface area contributed by atoms with Crippen LogP contribution < -0.4 is 0 Å². The van der Waals surface area contributed by atoms with E-state index in [2.05, 4.69) is 0 Å². The zero-order chi connectivity index (χ0) is 16.6. The molecular formula is C15H26O6. The second-order valence-corrected chi connectivity index (χ2v) is 5.81. The van der Waals surface area contributed by atoms with E-state index in [1.807, 2.05) is 20.8 Å². The smallest absolute Gasteiger partial charge is 0.305 e. The number of hydrogen-bond acceptors (Lipinski definition) is 6. The van der Waals surface area contributed by atoms with Crippen molar-refractivity contribution in [1.82, 2.24) is 0 Å². The molecule has 1 unspecified atom stereocenters. The van der Waals surface area contributed by atoms with Crippen LogP contribution in [0.15, 0.2) is 0 Å². The molecule has 0 saturated carbocycles. The first-order chi connectivity index (χ1) is 9.53. The summed E-state index contributed by atoms with van der Waals surface area (Å²) < 4.78 is 15.2. The molecule has 0 aliphatic carbocycles. The molecule has 0 amide bonds. The van der Waals surface area contributed by atoms with Gasteiger partial charge in [0.2, 0.25) is 6.29 Å². The predicted octanol–water partition coefficient (Wildman–Crippen LogP) is 2.59. The van der Waals surface area contributed by atoms with Gasteiger partial charge in [-0.05, 0) is 33.1 Å². The third kappa shape index (κ3) is 9.87. The van der Waals surface area contributed by atoms with Crippen LogP contribution in [0.2, 0.25) is 0 Å². The second kappa shape index (κ2) is 8.64. The first-order valence-corrected chi connectivity index (χ1v) is 7.07. The highest BCUT2D eigenvalue weighted by molar-refractivity contribution is 5.68. The van der Waals surface area contributed by atoms with E-state index in [1.54, 1.807) is 0 Å². The topological polar surface area (TPSA) is 78.9 Å². The zero-order valence-corrected chi connectivity index (χ0v) is 13.7. The maximum absolute atomic E-state index is 11.0. The average molecular weight is 302 g/mol. The molecule has 0 spiro atoms. The molecule has 0 N–H and O–H groups in total. The van der Waals surface area contributed by atoms with Crippen LogP contribution in [-0.2, 0) is 28.6 Å². The van der Waals surface area contributed by atoms with Gasteiger partial charge in [0, 0.05) is 26.7 Å². The van der Waals surface area contributed by atoms with Crippen LogP contribution in [-0.4, -0.2) is 29.8 Å². The van der Waals surface area contributed by atoms with Gasteiger partial charge in [0.25, 0.3) is 0 Å². The zero-order valence-electron chi connectivity index (χ0n) is 13.7. The van der Waals surface area contributed by atoms with Crippen LogP contribution >= 0.6 is 0 Å². The Kier molecular flexibility index (Phi) is 7.99. The van der Waals surface area contributed by atoms with E-state index in [4.69, 9.17) is 14.2 Å². The summed E-state index contributed by atoms with van der Waals surface area (Å²) in [5.41, 5.74) is -0.538. The minimum Gasteiger partial charge on any atom is -0.460 e. The fourth-order valence-corrected chi connectivity index (χ4v) is 2.01. The molecular weight excluding hydrogens is 276 g/mol. The maximum atomic E-state index is 11.0. The predicted molar refractivity (Wildman–Crippen MR) is 76.2 cm³/mol. The van der Waals surface area contributed by atoms with Crippen molar-refractivity contribution in [2.45, 2.75) is 72.7 Å². The summed E-state index contributed by atoms with van der Waals surface area (Å²) in [6.07, 6.45) is 1.22. The van der Waals surface area contributed by atoms with Crippen molar-refractivity contribution in [1.29, 1.82) is 0 Å². The van der Waals surface area contributed by atoms with Gasteiger partial charge >= 0.3 is 17.9 Å². The Labute approximate surface area is 126 Å². The largest absolute Gasteiger partial charge is 0.460 e. The first-order valence-electron chi connectivity index (χ1n) is 7.07. The summed E-state index contributed by atoms with van der Waals surface area (Å²) in [5, 5.41) is 0. The molecule has 6 nitrogen and oxygen atoms in total. The van der Waals surface area contributed by atoms with Crippen LogP contribution in [0, 0.1) is 5.92 Å². The van der Waals surface area contributed by atoms with Gasteiger partial charge in [-0.1, -0.05) is 6.92 Å². The lowest BCUT2D eigenvalue weighted by molar-refractivity contribution is -0.194. The van der Waals surface area contributed by atoms with E-state index >= 15 is 0 Å². The number of esters is 3. The fourth-order valence-electron chi connectivity index (χ4n) is 2.01. The summed E-state index contributed by atoms with van der Waals surface area (Å²) in [7, 11) is 0. The van der Waals surface area contributed by atoms with Crippen LogP contribution in [0.4, 0.5) is 0 Å². The van der Waals surface area contributed by atoms with Gasteiger partial charge in [0.15, 0.2) is 0 Å². The van der Waals surface area contributed by atoms with Gasteiger partial charge in [-0.3, -0.25) is 14.4 Å². The number of rotatable bonds is 8. The SMILES string of the molecule is CC(=O)OC(OC(C)=O)C(C)CCCC(C)(C)OC(C)=O. The molecule has 0 fully saturated rings. The maximum Gasteiger partial charge on any atom is 0.305 e. The Balaban J connectivity index is 4.36. The quantitative estimate of drug-likeness (QED) is 0.506. The van der Waals surface area contributed by atoms with Crippen LogP contribution in [0.25, 0.3) is 0 Å². The lowest BCUT2D eigenvalue weighted by Crippen LogP contribution is -2.30. The van der Waals surface area contributed by atoms with Gasteiger partial charge in [0.05, 0.1) is 0 Å². The highest BCUT2D eigenvalue weighted by Gasteiger charge is 2.25. The minimum atomic E-state index is -0.878. The van der Waals surface area contributed by atoms with Crippen molar-refractivity contribution in [2.75, 3.05) is 0 Å². The van der Waals surface area contributed by atoms with Crippen molar-refractivity contribution >= 4 is 17.9 Å². The summed E-state index contributed by atoms with van der Waals surface area (Å²) in [4.78, 5) is 33.0. The monoisotopic (exact) mass is 302 g/mol. The molecule has 0 heterocycles. The highest BCUT2D eigenvalue weighted by Crippen LogP contribution is 2.23. The lowest BCUT2D eigenvalue weighted by Gasteiger charge is -2.26. The molecule has 122 valence electrons. The van der Waals surface area contributed by atoms with E-state index < -0.39 is 23.8 Å². The van der Waals surface area contributed by atoms with E-state index in [-0.39, 0.29) is 11.9 Å². The third-order valence-electron chi connectivity index (χ3n) is 2.89. The Morgan fingerprint density at radius 3 is 1.81 bits per heavy atom. The molecule has 0 bridgehead atoms. The van der Waals surface area contributed by atoms with Crippen LogP contribution in [0.1, 0.15) is 60.8 Å². The number of hydrogen-bond donors (Lipinski definition) is 0.